The molecular formula is C16H22N2O. The SMILES string of the molecule is CN(CC1CCCC1)C(=O)/C=C/c1cccc(N)c1. The molecule has 0 saturated heterocycles. The molecule has 0 atom stereocenters. The highest BCUT2D eigenvalue weighted by Gasteiger charge is 2.18. The van der Waals surface area contributed by atoms with Crippen molar-refractivity contribution < 1.29 is 4.79 Å². The van der Waals surface area contributed by atoms with E-state index in [-0.39, 0.29) is 5.91 Å². The van der Waals surface area contributed by atoms with Gasteiger partial charge in [-0.05, 0) is 42.5 Å². The largest absolute Gasteiger partial charge is 0.399 e. The Morgan fingerprint density at radius 3 is 2.84 bits per heavy atom. The maximum absolute atomic E-state index is 12.0. The number of rotatable bonds is 4. The van der Waals surface area contributed by atoms with E-state index in [0.717, 1.165) is 12.1 Å². The van der Waals surface area contributed by atoms with Crippen LogP contribution in [0.3, 0.4) is 0 Å². The molecule has 1 aromatic rings. The van der Waals surface area contributed by atoms with Crippen molar-refractivity contribution in [1.29, 1.82) is 0 Å². The second-order valence-corrected chi connectivity index (χ2v) is 5.37. The minimum Gasteiger partial charge on any atom is -0.399 e. The van der Waals surface area contributed by atoms with Crippen molar-refractivity contribution in [2.24, 2.45) is 5.92 Å². The fraction of sp³-hybridized carbons (Fsp3) is 0.438. The Balaban J connectivity index is 1.88. The maximum atomic E-state index is 12.0. The van der Waals surface area contributed by atoms with Gasteiger partial charge in [-0.1, -0.05) is 25.0 Å². The molecule has 1 saturated carbocycles. The fourth-order valence-corrected chi connectivity index (χ4v) is 2.63. The summed E-state index contributed by atoms with van der Waals surface area (Å²) in [5.41, 5.74) is 7.38. The summed E-state index contributed by atoms with van der Waals surface area (Å²) in [6, 6.07) is 7.53. The average molecular weight is 258 g/mol. The Bertz CT molecular complexity index is 462. The molecule has 0 bridgehead atoms. The molecule has 1 aliphatic rings. The number of carbonyl (C=O) groups excluding carboxylic acids is 1. The molecule has 1 amide bonds. The summed E-state index contributed by atoms with van der Waals surface area (Å²) in [7, 11) is 1.88. The topological polar surface area (TPSA) is 46.3 Å². The average Bonchev–Trinajstić information content (AvgIpc) is 2.89. The predicted molar refractivity (Wildman–Crippen MR) is 79.5 cm³/mol. The first-order valence-corrected chi connectivity index (χ1v) is 6.94. The highest BCUT2D eigenvalue weighted by Crippen LogP contribution is 2.25. The smallest absolute Gasteiger partial charge is 0.246 e. The zero-order valence-corrected chi connectivity index (χ0v) is 11.5. The Morgan fingerprint density at radius 1 is 1.42 bits per heavy atom. The van der Waals surface area contributed by atoms with Crippen molar-refractivity contribution in [2.75, 3.05) is 19.3 Å². The first kappa shape index (κ1) is 13.7. The van der Waals surface area contributed by atoms with Gasteiger partial charge in [0.1, 0.15) is 0 Å². The van der Waals surface area contributed by atoms with Crippen LogP contribution in [0.5, 0.6) is 0 Å². The number of hydrogen-bond acceptors (Lipinski definition) is 2. The highest BCUT2D eigenvalue weighted by molar-refractivity contribution is 5.91. The summed E-state index contributed by atoms with van der Waals surface area (Å²) in [5.74, 6) is 0.754. The van der Waals surface area contributed by atoms with Gasteiger partial charge in [0.25, 0.3) is 0 Å². The van der Waals surface area contributed by atoms with Crippen molar-refractivity contribution >= 4 is 17.7 Å². The molecule has 0 spiro atoms. The summed E-state index contributed by atoms with van der Waals surface area (Å²) < 4.78 is 0. The number of amides is 1. The van der Waals surface area contributed by atoms with Crippen molar-refractivity contribution in [1.82, 2.24) is 4.90 Å². The van der Waals surface area contributed by atoms with Gasteiger partial charge in [-0.15, -0.1) is 0 Å². The monoisotopic (exact) mass is 258 g/mol. The third-order valence-electron chi connectivity index (χ3n) is 3.71. The summed E-state index contributed by atoms with van der Waals surface area (Å²) in [5, 5.41) is 0. The number of likely N-dealkylation sites (N-methyl/N-ethyl adjacent to an activating group) is 1. The number of hydrogen-bond donors (Lipinski definition) is 1. The number of nitrogens with two attached hydrogens (primary N) is 1. The number of carbonyl (C=O) groups is 1. The molecule has 2 rings (SSSR count). The van der Waals surface area contributed by atoms with Crippen LogP contribution in [0, 0.1) is 5.92 Å². The van der Waals surface area contributed by atoms with Crippen molar-refractivity contribution in [3.63, 3.8) is 0 Å². The Labute approximate surface area is 115 Å². The van der Waals surface area contributed by atoms with Gasteiger partial charge < -0.3 is 10.6 Å². The molecule has 3 nitrogen and oxygen atoms in total. The summed E-state index contributed by atoms with van der Waals surface area (Å²) in [6.45, 7) is 0.875. The lowest BCUT2D eigenvalue weighted by atomic mass is 10.1. The molecule has 2 N–H and O–H groups in total. The zero-order valence-electron chi connectivity index (χ0n) is 11.5. The normalized spacial score (nSPS) is 16.1. The van der Waals surface area contributed by atoms with E-state index < -0.39 is 0 Å². The van der Waals surface area contributed by atoms with Gasteiger partial charge >= 0.3 is 0 Å². The number of nitrogen functional groups attached to an aromatic ring is 1. The molecule has 102 valence electrons. The minimum absolute atomic E-state index is 0.0642. The van der Waals surface area contributed by atoms with E-state index in [1.54, 1.807) is 6.08 Å². The molecule has 1 aromatic carbocycles. The zero-order chi connectivity index (χ0) is 13.7. The van der Waals surface area contributed by atoms with E-state index in [1.165, 1.54) is 25.7 Å². The summed E-state index contributed by atoms with van der Waals surface area (Å²) >= 11 is 0. The summed E-state index contributed by atoms with van der Waals surface area (Å²) in [4.78, 5) is 13.8. The van der Waals surface area contributed by atoms with Gasteiger partial charge in [-0.25, -0.2) is 0 Å². The molecule has 3 heteroatoms. The van der Waals surface area contributed by atoms with Crippen LogP contribution in [0.25, 0.3) is 6.08 Å². The van der Waals surface area contributed by atoms with E-state index in [4.69, 9.17) is 5.73 Å². The van der Waals surface area contributed by atoms with Crippen LogP contribution < -0.4 is 5.73 Å². The Morgan fingerprint density at radius 2 is 2.16 bits per heavy atom. The van der Waals surface area contributed by atoms with Crippen LogP contribution >= 0.6 is 0 Å². The van der Waals surface area contributed by atoms with E-state index in [1.807, 2.05) is 42.3 Å². The number of benzene rings is 1. The third-order valence-corrected chi connectivity index (χ3v) is 3.71. The summed E-state index contributed by atoms with van der Waals surface area (Å²) in [6.07, 6.45) is 8.60. The second kappa shape index (κ2) is 6.41. The van der Waals surface area contributed by atoms with E-state index in [0.29, 0.717) is 11.6 Å². The van der Waals surface area contributed by atoms with Crippen LogP contribution in [-0.2, 0) is 4.79 Å². The molecule has 0 aliphatic heterocycles. The van der Waals surface area contributed by atoms with Crippen molar-refractivity contribution in [3.05, 3.63) is 35.9 Å². The number of nitrogens with zero attached hydrogens (tertiary/aromatic N) is 1. The quantitative estimate of drug-likeness (QED) is 0.666. The molecule has 0 radical (unpaired) electrons. The van der Waals surface area contributed by atoms with Crippen LogP contribution in [0.1, 0.15) is 31.2 Å². The van der Waals surface area contributed by atoms with Gasteiger partial charge in [0, 0.05) is 25.4 Å². The van der Waals surface area contributed by atoms with Crippen LogP contribution in [0.15, 0.2) is 30.3 Å². The van der Waals surface area contributed by atoms with Crippen LogP contribution in [0.2, 0.25) is 0 Å². The molecular weight excluding hydrogens is 236 g/mol. The van der Waals surface area contributed by atoms with E-state index >= 15 is 0 Å². The predicted octanol–water partition coefficient (Wildman–Crippen LogP) is 2.93. The van der Waals surface area contributed by atoms with Crippen LogP contribution in [-0.4, -0.2) is 24.4 Å². The van der Waals surface area contributed by atoms with Gasteiger partial charge in [0.05, 0.1) is 0 Å². The highest BCUT2D eigenvalue weighted by atomic mass is 16.2. The molecule has 0 heterocycles. The molecule has 19 heavy (non-hydrogen) atoms. The van der Waals surface area contributed by atoms with Gasteiger partial charge in [-0.2, -0.15) is 0 Å². The second-order valence-electron chi connectivity index (χ2n) is 5.37. The van der Waals surface area contributed by atoms with Crippen molar-refractivity contribution in [2.45, 2.75) is 25.7 Å². The minimum atomic E-state index is 0.0642. The van der Waals surface area contributed by atoms with Gasteiger partial charge in [0.2, 0.25) is 5.91 Å². The van der Waals surface area contributed by atoms with E-state index in [9.17, 15) is 4.79 Å². The molecule has 0 unspecified atom stereocenters. The first-order chi connectivity index (χ1) is 9.15. The maximum Gasteiger partial charge on any atom is 0.246 e. The lowest BCUT2D eigenvalue weighted by Crippen LogP contribution is -2.29. The molecule has 0 aromatic heterocycles. The lowest BCUT2D eigenvalue weighted by Gasteiger charge is -2.19. The molecule has 1 fully saturated rings. The van der Waals surface area contributed by atoms with Gasteiger partial charge in [0.15, 0.2) is 0 Å². The van der Waals surface area contributed by atoms with Gasteiger partial charge in [-0.3, -0.25) is 4.79 Å². The molecule has 1 aliphatic carbocycles. The Hall–Kier alpha value is -1.77. The Kier molecular flexibility index (Phi) is 4.61. The lowest BCUT2D eigenvalue weighted by molar-refractivity contribution is -0.125. The van der Waals surface area contributed by atoms with E-state index in [2.05, 4.69) is 0 Å². The fourth-order valence-electron chi connectivity index (χ4n) is 2.63. The van der Waals surface area contributed by atoms with Crippen LogP contribution in [0.4, 0.5) is 5.69 Å². The first-order valence-electron chi connectivity index (χ1n) is 6.94. The number of anilines is 1. The third kappa shape index (κ3) is 4.12. The van der Waals surface area contributed by atoms with Crippen molar-refractivity contribution in [3.8, 4) is 0 Å². The standard InChI is InChI=1S/C16H22N2O/c1-18(12-14-5-2-3-6-14)16(19)10-9-13-7-4-8-15(17)11-13/h4,7-11,14H,2-3,5-6,12,17H2,1H3/b10-9+.